The molecule has 1 N–H and O–H groups in total. The van der Waals surface area contributed by atoms with E-state index in [1.807, 2.05) is 0 Å². The van der Waals surface area contributed by atoms with E-state index < -0.39 is 0 Å². The molecule has 18 heavy (non-hydrogen) atoms. The van der Waals surface area contributed by atoms with Crippen LogP contribution in [0.25, 0.3) is 0 Å². The molecule has 1 fully saturated rings. The minimum absolute atomic E-state index is 0.439. The summed E-state index contributed by atoms with van der Waals surface area (Å²) in [6, 6.07) is 9.73. The normalized spacial score (nSPS) is 23.8. The van der Waals surface area contributed by atoms with E-state index in [9.17, 15) is 0 Å². The fraction of sp³-hybridized carbons (Fsp3) is 0.647. The van der Waals surface area contributed by atoms with Gasteiger partial charge in [-0.1, -0.05) is 50.6 Å². The maximum absolute atomic E-state index is 3.72. The molecule has 2 rings (SSSR count). The first kappa shape index (κ1) is 13.6. The molecule has 0 radical (unpaired) electrons. The lowest BCUT2D eigenvalue weighted by molar-refractivity contribution is 0.239. The van der Waals surface area contributed by atoms with Crippen molar-refractivity contribution in [3.63, 3.8) is 0 Å². The van der Waals surface area contributed by atoms with Crippen molar-refractivity contribution >= 4 is 0 Å². The highest BCUT2D eigenvalue weighted by molar-refractivity contribution is 5.27. The van der Waals surface area contributed by atoms with E-state index in [0.29, 0.717) is 5.41 Å². The lowest BCUT2D eigenvalue weighted by Crippen LogP contribution is -2.44. The first-order valence-corrected chi connectivity index (χ1v) is 7.30. The molecule has 1 aliphatic carbocycles. The summed E-state index contributed by atoms with van der Waals surface area (Å²) in [5.41, 5.74) is 3.35. The molecule has 1 aliphatic rings. The predicted octanol–water partition coefficient (Wildman–Crippen LogP) is 4.27. The highest BCUT2D eigenvalue weighted by Gasteiger charge is 2.30. The van der Waals surface area contributed by atoms with Crippen LogP contribution in [0.1, 0.15) is 57.1 Å². The maximum Gasteiger partial charge on any atom is 0.00789 e. The molecule has 0 spiro atoms. The summed E-state index contributed by atoms with van der Waals surface area (Å²) in [5.74, 6) is 0.784. The van der Waals surface area contributed by atoms with E-state index in [1.165, 1.54) is 30.4 Å². The quantitative estimate of drug-likeness (QED) is 0.817. The molecule has 0 bridgehead atoms. The Hall–Kier alpha value is -0.820. The van der Waals surface area contributed by atoms with Crippen LogP contribution in [-0.4, -0.2) is 12.6 Å². The van der Waals surface area contributed by atoms with Gasteiger partial charge in [-0.2, -0.15) is 0 Å². The van der Waals surface area contributed by atoms with Gasteiger partial charge >= 0.3 is 0 Å². The second-order valence-corrected chi connectivity index (χ2v) is 6.68. The van der Waals surface area contributed by atoms with E-state index in [-0.39, 0.29) is 0 Å². The Kier molecular flexibility index (Phi) is 4.11. The third-order valence-electron chi connectivity index (χ3n) is 4.48. The van der Waals surface area contributed by atoms with Crippen molar-refractivity contribution < 1.29 is 0 Å². The highest BCUT2D eigenvalue weighted by atomic mass is 14.9. The largest absolute Gasteiger partial charge is 0.313 e. The Labute approximate surface area is 112 Å². The monoisotopic (exact) mass is 245 g/mol. The zero-order valence-corrected chi connectivity index (χ0v) is 12.3. The molecule has 0 aromatic heterocycles. The van der Waals surface area contributed by atoms with Crippen LogP contribution in [0.4, 0.5) is 0 Å². The molecule has 1 aromatic carbocycles. The molecule has 0 aliphatic heterocycles. The molecular formula is C17H27N. The number of benzene rings is 1. The molecular weight excluding hydrogens is 218 g/mol. The van der Waals surface area contributed by atoms with E-state index >= 15 is 0 Å². The van der Waals surface area contributed by atoms with Gasteiger partial charge in [0.15, 0.2) is 0 Å². The average Bonchev–Trinajstić information content (AvgIpc) is 2.27. The third-order valence-corrected chi connectivity index (χ3v) is 4.48. The van der Waals surface area contributed by atoms with Crippen LogP contribution in [0.15, 0.2) is 24.3 Å². The Bertz CT molecular complexity index is 388. The van der Waals surface area contributed by atoms with E-state index in [2.05, 4.69) is 57.3 Å². The first-order valence-electron chi connectivity index (χ1n) is 7.30. The van der Waals surface area contributed by atoms with Crippen LogP contribution >= 0.6 is 0 Å². The van der Waals surface area contributed by atoms with Crippen LogP contribution in [0.5, 0.6) is 0 Å². The molecule has 100 valence electrons. The summed E-state index contributed by atoms with van der Waals surface area (Å²) >= 11 is 0. The predicted molar refractivity (Wildman–Crippen MR) is 79.0 cm³/mol. The Morgan fingerprint density at radius 3 is 2.61 bits per heavy atom. The van der Waals surface area contributed by atoms with Crippen LogP contribution < -0.4 is 5.32 Å². The van der Waals surface area contributed by atoms with Gasteiger partial charge in [0, 0.05) is 12.6 Å². The van der Waals surface area contributed by atoms with Crippen molar-refractivity contribution in [1.29, 1.82) is 0 Å². The second kappa shape index (κ2) is 5.44. The van der Waals surface area contributed by atoms with Gasteiger partial charge in [-0.05, 0) is 43.1 Å². The number of nitrogens with one attached hydrogen (secondary N) is 1. The maximum atomic E-state index is 3.72. The average molecular weight is 245 g/mol. The van der Waals surface area contributed by atoms with Gasteiger partial charge in [-0.3, -0.25) is 0 Å². The summed E-state index contributed by atoms with van der Waals surface area (Å²) in [7, 11) is 0. The van der Waals surface area contributed by atoms with E-state index in [0.717, 1.165) is 18.5 Å². The van der Waals surface area contributed by atoms with Gasteiger partial charge in [0.25, 0.3) is 0 Å². The van der Waals surface area contributed by atoms with Gasteiger partial charge in [0.1, 0.15) is 0 Å². The van der Waals surface area contributed by atoms with E-state index in [4.69, 9.17) is 0 Å². The molecule has 0 heterocycles. The third kappa shape index (κ3) is 3.35. The van der Waals surface area contributed by atoms with E-state index in [1.54, 1.807) is 0 Å². The molecule has 0 amide bonds. The summed E-state index contributed by atoms with van der Waals surface area (Å²) < 4.78 is 0. The van der Waals surface area contributed by atoms with Crippen molar-refractivity contribution in [2.75, 3.05) is 6.54 Å². The van der Waals surface area contributed by atoms with Crippen LogP contribution in [0.2, 0.25) is 0 Å². The topological polar surface area (TPSA) is 12.0 Å². The SMILES string of the molecule is CCC(C)(C)CNC1CC(c2cccc(C)c2)C1. The van der Waals surface area contributed by atoms with Crippen LogP contribution in [0, 0.1) is 12.3 Å². The van der Waals surface area contributed by atoms with Gasteiger partial charge < -0.3 is 5.32 Å². The number of rotatable bonds is 5. The Morgan fingerprint density at radius 1 is 1.28 bits per heavy atom. The molecule has 0 unspecified atom stereocenters. The summed E-state index contributed by atoms with van der Waals surface area (Å²) in [4.78, 5) is 0. The van der Waals surface area contributed by atoms with Crippen molar-refractivity contribution in [3.05, 3.63) is 35.4 Å². The smallest absolute Gasteiger partial charge is 0.00789 e. The lowest BCUT2D eigenvalue weighted by atomic mass is 9.75. The van der Waals surface area contributed by atoms with Crippen molar-refractivity contribution in [2.24, 2.45) is 5.41 Å². The Morgan fingerprint density at radius 2 is 2.00 bits per heavy atom. The summed E-state index contributed by atoms with van der Waals surface area (Å²) in [6.45, 7) is 10.3. The zero-order valence-electron chi connectivity index (χ0n) is 12.3. The fourth-order valence-electron chi connectivity index (χ4n) is 2.53. The number of hydrogen-bond donors (Lipinski definition) is 1. The molecule has 1 saturated carbocycles. The molecule has 1 nitrogen and oxygen atoms in total. The van der Waals surface area contributed by atoms with Crippen LogP contribution in [0.3, 0.4) is 0 Å². The lowest BCUT2D eigenvalue weighted by Gasteiger charge is -2.38. The molecule has 1 aromatic rings. The van der Waals surface area contributed by atoms with Gasteiger partial charge in [0.05, 0.1) is 0 Å². The van der Waals surface area contributed by atoms with Crippen LogP contribution in [-0.2, 0) is 0 Å². The standard InChI is InChI=1S/C17H27N/c1-5-17(3,4)12-18-16-10-15(11-16)14-8-6-7-13(2)9-14/h6-9,15-16,18H,5,10-12H2,1-4H3. The molecule has 0 saturated heterocycles. The van der Waals surface area contributed by atoms with Crippen molar-refractivity contribution in [2.45, 2.75) is 58.9 Å². The molecule has 1 heteroatoms. The van der Waals surface area contributed by atoms with Gasteiger partial charge in [-0.25, -0.2) is 0 Å². The number of hydrogen-bond acceptors (Lipinski definition) is 1. The van der Waals surface area contributed by atoms with Gasteiger partial charge in [-0.15, -0.1) is 0 Å². The summed E-state index contributed by atoms with van der Waals surface area (Å²) in [6.07, 6.45) is 3.86. The number of aryl methyl sites for hydroxylation is 1. The zero-order chi connectivity index (χ0) is 13.2. The van der Waals surface area contributed by atoms with Crippen molar-refractivity contribution in [3.8, 4) is 0 Å². The Balaban J connectivity index is 1.77. The fourth-order valence-corrected chi connectivity index (χ4v) is 2.53. The van der Waals surface area contributed by atoms with Crippen molar-refractivity contribution in [1.82, 2.24) is 5.32 Å². The van der Waals surface area contributed by atoms with Gasteiger partial charge in [0.2, 0.25) is 0 Å². The first-order chi connectivity index (χ1) is 8.50. The highest BCUT2D eigenvalue weighted by Crippen LogP contribution is 2.37. The minimum atomic E-state index is 0.439. The molecule has 0 atom stereocenters. The second-order valence-electron chi connectivity index (χ2n) is 6.68. The summed E-state index contributed by atoms with van der Waals surface area (Å²) in [5, 5.41) is 3.72. The minimum Gasteiger partial charge on any atom is -0.313 e.